The summed E-state index contributed by atoms with van der Waals surface area (Å²) in [7, 11) is 2.02. The maximum atomic E-state index is 10.2. The third-order valence-electron chi connectivity index (χ3n) is 6.61. The van der Waals surface area contributed by atoms with E-state index in [0.29, 0.717) is 23.7 Å². The molecule has 1 aromatic carbocycles. The molecular weight excluding hydrogens is 404 g/mol. The van der Waals surface area contributed by atoms with Crippen molar-refractivity contribution in [3.63, 3.8) is 0 Å². The molecule has 2 saturated heterocycles. The Labute approximate surface area is 190 Å². The summed E-state index contributed by atoms with van der Waals surface area (Å²) in [6.45, 7) is 8.59. The van der Waals surface area contributed by atoms with Gasteiger partial charge < -0.3 is 25.8 Å². The van der Waals surface area contributed by atoms with E-state index in [1.54, 1.807) is 12.1 Å². The Bertz CT molecular complexity index is 902. The van der Waals surface area contributed by atoms with Gasteiger partial charge in [0.2, 0.25) is 0 Å². The van der Waals surface area contributed by atoms with E-state index in [1.807, 2.05) is 25.2 Å². The summed E-state index contributed by atoms with van der Waals surface area (Å²) in [6, 6.07) is 9.10. The first-order chi connectivity index (χ1) is 15.5. The second kappa shape index (κ2) is 10.0. The number of hydrogen-bond acceptors (Lipinski definition) is 8. The summed E-state index contributed by atoms with van der Waals surface area (Å²) in [4.78, 5) is 4.79. The molecule has 0 aliphatic carbocycles. The molecule has 1 atom stereocenters. The van der Waals surface area contributed by atoms with Crippen LogP contribution < -0.4 is 16.0 Å². The Morgan fingerprint density at radius 2 is 2.03 bits per heavy atom. The largest absolute Gasteiger partial charge is 0.507 e. The summed E-state index contributed by atoms with van der Waals surface area (Å²) in [5.41, 5.74) is 8.21. The quantitative estimate of drug-likeness (QED) is 0.546. The van der Waals surface area contributed by atoms with Crippen molar-refractivity contribution in [3.05, 3.63) is 30.3 Å². The smallest absolute Gasteiger partial charge is 0.169 e. The molecule has 1 aromatic heterocycles. The number of rotatable bonds is 9. The fraction of sp³-hybridized carbons (Fsp3) is 0.583. The van der Waals surface area contributed by atoms with Crippen LogP contribution in [0.25, 0.3) is 11.3 Å². The second-order valence-corrected chi connectivity index (χ2v) is 9.19. The number of benzene rings is 1. The molecular formula is C24H36N6O2. The Morgan fingerprint density at radius 1 is 1.22 bits per heavy atom. The predicted octanol–water partition coefficient (Wildman–Crippen LogP) is 2.35. The summed E-state index contributed by atoms with van der Waals surface area (Å²) in [6.07, 6.45) is 3.72. The number of nitrogens with one attached hydrogen (secondary N) is 1. The minimum atomic E-state index is -0.150. The molecule has 0 amide bonds. The van der Waals surface area contributed by atoms with E-state index < -0.39 is 0 Å². The van der Waals surface area contributed by atoms with Crippen LogP contribution in [0.15, 0.2) is 30.3 Å². The van der Waals surface area contributed by atoms with Gasteiger partial charge in [-0.3, -0.25) is 4.90 Å². The van der Waals surface area contributed by atoms with Gasteiger partial charge >= 0.3 is 0 Å². The molecule has 2 fully saturated rings. The van der Waals surface area contributed by atoms with Crippen LogP contribution in [0.1, 0.15) is 26.2 Å². The Hall–Kier alpha value is -2.42. The predicted molar refractivity (Wildman–Crippen MR) is 128 cm³/mol. The summed E-state index contributed by atoms with van der Waals surface area (Å²) in [5.74, 6) is 1.32. The van der Waals surface area contributed by atoms with Gasteiger partial charge in [0.15, 0.2) is 5.82 Å². The van der Waals surface area contributed by atoms with Gasteiger partial charge in [0.25, 0.3) is 0 Å². The van der Waals surface area contributed by atoms with Crippen molar-refractivity contribution in [2.75, 3.05) is 63.6 Å². The molecule has 4 rings (SSSR count). The summed E-state index contributed by atoms with van der Waals surface area (Å²) in [5, 5.41) is 21.9. The molecule has 0 bridgehead atoms. The van der Waals surface area contributed by atoms with Crippen molar-refractivity contribution < 1.29 is 9.84 Å². The standard InChI is InChI=1S/C24H36N6O2/c1-3-6-18(9-10-26-2)14-29-15-24(16-29)17-30(11-12-32-24)21-13-20(27-28-23(21)25)19-7-4-5-8-22(19)31/h4-5,7-8,13,18,26,31H,3,6,9-12,14-17H2,1-2H3,(H2,25,28). The average molecular weight is 441 g/mol. The third kappa shape index (κ3) is 4.98. The van der Waals surface area contributed by atoms with Gasteiger partial charge in [-0.05, 0) is 50.6 Å². The number of anilines is 2. The van der Waals surface area contributed by atoms with Gasteiger partial charge in [-0.25, -0.2) is 0 Å². The number of phenols is 1. The minimum absolute atomic E-state index is 0.150. The molecule has 0 radical (unpaired) electrons. The van der Waals surface area contributed by atoms with Gasteiger partial charge in [0.05, 0.1) is 18.0 Å². The van der Waals surface area contributed by atoms with Crippen LogP contribution in [0.3, 0.4) is 0 Å². The zero-order chi connectivity index (χ0) is 22.6. The van der Waals surface area contributed by atoms with E-state index in [4.69, 9.17) is 10.5 Å². The average Bonchev–Trinajstić information content (AvgIpc) is 2.77. The number of likely N-dealkylation sites (tertiary alicyclic amines) is 1. The second-order valence-electron chi connectivity index (χ2n) is 9.19. The van der Waals surface area contributed by atoms with Crippen molar-refractivity contribution in [1.82, 2.24) is 20.4 Å². The fourth-order valence-corrected chi connectivity index (χ4v) is 5.05. The van der Waals surface area contributed by atoms with Crippen LogP contribution in [0.4, 0.5) is 11.5 Å². The van der Waals surface area contributed by atoms with Gasteiger partial charge in [-0.15, -0.1) is 10.2 Å². The first kappa shape index (κ1) is 22.8. The number of nitrogen functional groups attached to an aromatic ring is 1. The van der Waals surface area contributed by atoms with Crippen LogP contribution in [-0.4, -0.2) is 78.7 Å². The van der Waals surface area contributed by atoms with Gasteiger partial charge in [-0.1, -0.05) is 25.5 Å². The first-order valence-corrected chi connectivity index (χ1v) is 11.7. The van der Waals surface area contributed by atoms with E-state index in [0.717, 1.165) is 50.9 Å². The zero-order valence-electron chi connectivity index (χ0n) is 19.3. The maximum absolute atomic E-state index is 10.2. The topological polar surface area (TPSA) is 99.8 Å². The number of ether oxygens (including phenoxy) is 1. The number of morpholine rings is 1. The number of aromatic hydroxyl groups is 1. The SMILES string of the molecule is CCCC(CCNC)CN1CC2(C1)CN(c1cc(-c3ccccc3O)nnc1N)CCO2. The highest BCUT2D eigenvalue weighted by Gasteiger charge is 2.47. The normalized spacial score (nSPS) is 19.1. The van der Waals surface area contributed by atoms with Gasteiger partial charge in [0, 0.05) is 38.3 Å². The minimum Gasteiger partial charge on any atom is -0.507 e. The number of aromatic nitrogens is 2. The number of phenolic OH excluding ortho intramolecular Hbond substituents is 1. The van der Waals surface area contributed by atoms with Crippen molar-refractivity contribution >= 4 is 11.5 Å². The highest BCUT2D eigenvalue weighted by Crippen LogP contribution is 2.36. The van der Waals surface area contributed by atoms with E-state index in [2.05, 4.69) is 32.2 Å². The number of nitrogens with two attached hydrogens (primary N) is 1. The summed E-state index contributed by atoms with van der Waals surface area (Å²) < 4.78 is 6.27. The van der Waals surface area contributed by atoms with Crippen LogP contribution in [0, 0.1) is 5.92 Å². The third-order valence-corrected chi connectivity index (χ3v) is 6.61. The molecule has 2 aromatic rings. The molecule has 2 aliphatic rings. The lowest BCUT2D eigenvalue weighted by atomic mass is 9.88. The maximum Gasteiger partial charge on any atom is 0.169 e. The highest BCUT2D eigenvalue weighted by atomic mass is 16.5. The molecule has 0 saturated carbocycles. The molecule has 4 N–H and O–H groups in total. The van der Waals surface area contributed by atoms with Crippen LogP contribution in [0.2, 0.25) is 0 Å². The lowest BCUT2D eigenvalue weighted by Gasteiger charge is -2.55. The highest BCUT2D eigenvalue weighted by molar-refractivity contribution is 5.74. The van der Waals surface area contributed by atoms with Crippen molar-refractivity contribution in [2.24, 2.45) is 5.92 Å². The van der Waals surface area contributed by atoms with E-state index in [9.17, 15) is 5.11 Å². The molecule has 32 heavy (non-hydrogen) atoms. The van der Waals surface area contributed by atoms with Crippen molar-refractivity contribution in [2.45, 2.75) is 31.8 Å². The number of para-hydroxylation sites is 1. The molecule has 8 heteroatoms. The molecule has 174 valence electrons. The molecule has 1 spiro atoms. The molecule has 3 heterocycles. The van der Waals surface area contributed by atoms with Crippen LogP contribution in [0.5, 0.6) is 5.75 Å². The van der Waals surface area contributed by atoms with E-state index >= 15 is 0 Å². The molecule has 1 unspecified atom stereocenters. The summed E-state index contributed by atoms with van der Waals surface area (Å²) >= 11 is 0. The first-order valence-electron chi connectivity index (χ1n) is 11.7. The van der Waals surface area contributed by atoms with E-state index in [-0.39, 0.29) is 11.4 Å². The Kier molecular flexibility index (Phi) is 7.13. The number of nitrogens with zero attached hydrogens (tertiary/aromatic N) is 4. The van der Waals surface area contributed by atoms with Gasteiger partial charge in [0.1, 0.15) is 11.4 Å². The van der Waals surface area contributed by atoms with Crippen LogP contribution in [-0.2, 0) is 4.74 Å². The Balaban J connectivity index is 1.43. The Morgan fingerprint density at radius 3 is 2.78 bits per heavy atom. The zero-order valence-corrected chi connectivity index (χ0v) is 19.3. The molecule has 2 aliphatic heterocycles. The van der Waals surface area contributed by atoms with Crippen molar-refractivity contribution in [1.29, 1.82) is 0 Å². The lowest BCUT2D eigenvalue weighted by molar-refractivity contribution is -0.152. The molecule has 8 nitrogen and oxygen atoms in total. The van der Waals surface area contributed by atoms with Crippen molar-refractivity contribution in [3.8, 4) is 17.0 Å². The van der Waals surface area contributed by atoms with Gasteiger partial charge in [-0.2, -0.15) is 0 Å². The van der Waals surface area contributed by atoms with Crippen LogP contribution >= 0.6 is 0 Å². The van der Waals surface area contributed by atoms with E-state index in [1.165, 1.54) is 19.3 Å². The number of hydrogen-bond donors (Lipinski definition) is 3. The monoisotopic (exact) mass is 440 g/mol. The lowest BCUT2D eigenvalue weighted by Crippen LogP contribution is -2.70. The fourth-order valence-electron chi connectivity index (χ4n) is 5.05.